The van der Waals surface area contributed by atoms with Crippen LogP contribution in [0.15, 0.2) is 91.0 Å². The fourth-order valence-corrected chi connectivity index (χ4v) is 12.6. The Morgan fingerprint density at radius 3 is 1.95 bits per heavy atom. The van der Waals surface area contributed by atoms with Gasteiger partial charge in [-0.1, -0.05) is 140 Å². The molecule has 0 saturated heterocycles. The zero-order valence-electron chi connectivity index (χ0n) is 21.5. The summed E-state index contributed by atoms with van der Waals surface area (Å²) >= 11 is 5.03. The molecule has 5 rings (SSSR count). The van der Waals surface area contributed by atoms with Gasteiger partial charge in [0.15, 0.2) is 0 Å². The average molecular weight is 734 g/mol. The van der Waals surface area contributed by atoms with Crippen LogP contribution in [-0.2, 0) is 4.43 Å². The summed E-state index contributed by atoms with van der Waals surface area (Å²) in [5.74, 6) is 0.480. The van der Waals surface area contributed by atoms with Crippen LogP contribution in [-0.4, -0.2) is 33.8 Å². The molecule has 3 aromatic carbocycles. The van der Waals surface area contributed by atoms with Gasteiger partial charge in [0.05, 0.1) is 6.04 Å². The van der Waals surface area contributed by atoms with Gasteiger partial charge in [0.1, 0.15) is 9.39 Å². The standard InChI is InChI=1S/C30H33I2N3OSi/c1-30(2,3)37(24-15-9-5-10-16-24,25-17-11-6-12-18-25)36-21-22-19-26(31)27(20-22)35-29(32)28(33-34-35)23-13-7-4-8-14-23/h4-18,22,26-27H,19-21H2,1-3H3/t22-,26-,27-/m1/s1. The molecule has 1 aromatic heterocycles. The van der Waals surface area contributed by atoms with E-state index in [1.165, 1.54) is 10.4 Å². The van der Waals surface area contributed by atoms with Crippen LogP contribution in [0.4, 0.5) is 0 Å². The summed E-state index contributed by atoms with van der Waals surface area (Å²) in [6.07, 6.45) is 2.18. The van der Waals surface area contributed by atoms with E-state index in [0.29, 0.717) is 15.9 Å². The highest BCUT2D eigenvalue weighted by molar-refractivity contribution is 14.1. The molecule has 1 saturated carbocycles. The monoisotopic (exact) mass is 733 g/mol. The second-order valence-electron chi connectivity index (χ2n) is 10.9. The van der Waals surface area contributed by atoms with Gasteiger partial charge in [-0.05, 0) is 56.8 Å². The second kappa shape index (κ2) is 11.3. The number of alkyl halides is 1. The molecule has 0 amide bonds. The van der Waals surface area contributed by atoms with E-state index in [4.69, 9.17) is 4.43 Å². The Kier molecular flexibility index (Phi) is 8.23. The maximum absolute atomic E-state index is 7.28. The van der Waals surface area contributed by atoms with Crippen LogP contribution >= 0.6 is 45.2 Å². The molecule has 1 aliphatic rings. The molecule has 1 heterocycles. The van der Waals surface area contributed by atoms with Crippen molar-refractivity contribution < 1.29 is 4.43 Å². The van der Waals surface area contributed by atoms with Crippen molar-refractivity contribution in [3.63, 3.8) is 0 Å². The minimum absolute atomic E-state index is 0.0106. The molecule has 1 fully saturated rings. The lowest BCUT2D eigenvalue weighted by atomic mass is 10.1. The fourth-order valence-electron chi connectivity index (χ4n) is 5.72. The lowest BCUT2D eigenvalue weighted by Crippen LogP contribution is -2.66. The Balaban J connectivity index is 1.41. The van der Waals surface area contributed by atoms with Gasteiger partial charge < -0.3 is 4.43 Å². The third kappa shape index (κ3) is 5.33. The topological polar surface area (TPSA) is 39.9 Å². The molecule has 3 atom stereocenters. The van der Waals surface area contributed by atoms with Gasteiger partial charge in [-0.2, -0.15) is 0 Å². The number of nitrogens with zero attached hydrogens (tertiary/aromatic N) is 3. The van der Waals surface area contributed by atoms with Crippen molar-refractivity contribution in [2.45, 2.75) is 48.6 Å². The smallest absolute Gasteiger partial charge is 0.261 e. The summed E-state index contributed by atoms with van der Waals surface area (Å²) in [6, 6.07) is 32.6. The van der Waals surface area contributed by atoms with Crippen molar-refractivity contribution in [3.8, 4) is 11.3 Å². The minimum atomic E-state index is -2.53. The summed E-state index contributed by atoms with van der Waals surface area (Å²) in [5.41, 5.74) is 2.09. The van der Waals surface area contributed by atoms with E-state index < -0.39 is 8.32 Å². The summed E-state index contributed by atoms with van der Waals surface area (Å²) in [4.78, 5) is 0. The third-order valence-corrected chi connectivity index (χ3v) is 14.9. The fraction of sp³-hybridized carbons (Fsp3) is 0.333. The van der Waals surface area contributed by atoms with Gasteiger partial charge in [-0.25, -0.2) is 4.68 Å². The summed E-state index contributed by atoms with van der Waals surface area (Å²) in [7, 11) is -2.53. The van der Waals surface area contributed by atoms with Crippen molar-refractivity contribution in [3.05, 3.63) is 94.7 Å². The Labute approximate surface area is 248 Å². The predicted molar refractivity (Wildman–Crippen MR) is 171 cm³/mol. The first kappa shape index (κ1) is 27.0. The Morgan fingerprint density at radius 1 is 0.865 bits per heavy atom. The van der Waals surface area contributed by atoms with Gasteiger partial charge in [-0.3, -0.25) is 0 Å². The van der Waals surface area contributed by atoms with Crippen molar-refractivity contribution in [2.24, 2.45) is 5.92 Å². The Morgan fingerprint density at radius 2 is 1.41 bits per heavy atom. The molecule has 37 heavy (non-hydrogen) atoms. The molecular weight excluding hydrogens is 700 g/mol. The molecule has 1 aliphatic carbocycles. The predicted octanol–water partition coefficient (Wildman–Crippen LogP) is 6.88. The van der Waals surface area contributed by atoms with E-state index in [0.717, 1.165) is 34.4 Å². The van der Waals surface area contributed by atoms with Gasteiger partial charge in [0, 0.05) is 16.1 Å². The largest absolute Gasteiger partial charge is 0.407 e. The summed E-state index contributed by atoms with van der Waals surface area (Å²) in [5, 5.41) is 11.9. The van der Waals surface area contributed by atoms with Crippen molar-refractivity contribution in [2.75, 3.05) is 6.61 Å². The van der Waals surface area contributed by atoms with Crippen molar-refractivity contribution >= 4 is 63.9 Å². The van der Waals surface area contributed by atoms with Crippen LogP contribution in [0.5, 0.6) is 0 Å². The Hall–Kier alpha value is -1.56. The lowest BCUT2D eigenvalue weighted by Gasteiger charge is -2.43. The number of hydrogen-bond donors (Lipinski definition) is 0. The van der Waals surface area contributed by atoms with Gasteiger partial charge in [-0.15, -0.1) is 5.10 Å². The molecular formula is C30H33I2N3OSi. The molecule has 7 heteroatoms. The first-order chi connectivity index (χ1) is 17.8. The molecule has 0 bridgehead atoms. The summed E-state index contributed by atoms with van der Waals surface area (Å²) < 4.78 is 11.0. The minimum Gasteiger partial charge on any atom is -0.407 e. The number of aromatic nitrogens is 3. The number of rotatable bonds is 7. The maximum Gasteiger partial charge on any atom is 0.261 e. The van der Waals surface area contributed by atoms with Gasteiger partial charge in [0.2, 0.25) is 0 Å². The van der Waals surface area contributed by atoms with E-state index in [2.05, 4.69) is 166 Å². The SMILES string of the molecule is CC(C)(C)[Si](OC[C@@H]1C[C@@H](I)[C@H](n2nnc(-c3ccccc3)c2I)C1)(c1ccccc1)c1ccccc1. The first-order valence-electron chi connectivity index (χ1n) is 12.9. The van der Waals surface area contributed by atoms with Gasteiger partial charge >= 0.3 is 0 Å². The quantitative estimate of drug-likeness (QED) is 0.118. The van der Waals surface area contributed by atoms with Crippen LogP contribution < -0.4 is 10.4 Å². The molecule has 0 N–H and O–H groups in total. The molecule has 192 valence electrons. The van der Waals surface area contributed by atoms with E-state index >= 15 is 0 Å². The van der Waals surface area contributed by atoms with E-state index in [1.807, 2.05) is 6.07 Å². The van der Waals surface area contributed by atoms with Crippen LogP contribution in [0.2, 0.25) is 5.04 Å². The van der Waals surface area contributed by atoms with Crippen molar-refractivity contribution in [1.29, 1.82) is 0 Å². The highest BCUT2D eigenvalue weighted by atomic mass is 127. The van der Waals surface area contributed by atoms with E-state index in [9.17, 15) is 0 Å². The van der Waals surface area contributed by atoms with Crippen LogP contribution in [0.3, 0.4) is 0 Å². The summed E-state index contributed by atoms with van der Waals surface area (Å²) in [6.45, 7) is 7.81. The normalized spacial score (nSPS) is 20.3. The molecule has 0 spiro atoms. The molecule has 4 nitrogen and oxygen atoms in total. The maximum atomic E-state index is 7.28. The lowest BCUT2D eigenvalue weighted by molar-refractivity contribution is 0.233. The van der Waals surface area contributed by atoms with Crippen LogP contribution in [0.25, 0.3) is 11.3 Å². The number of halogens is 2. The number of benzene rings is 3. The van der Waals surface area contributed by atoms with Crippen molar-refractivity contribution in [1.82, 2.24) is 15.0 Å². The van der Waals surface area contributed by atoms with Crippen LogP contribution in [0.1, 0.15) is 39.7 Å². The highest BCUT2D eigenvalue weighted by Gasteiger charge is 2.51. The Bertz CT molecular complexity index is 1270. The average Bonchev–Trinajstić information content (AvgIpc) is 3.47. The molecule has 0 unspecified atom stereocenters. The van der Waals surface area contributed by atoms with E-state index in [1.54, 1.807) is 0 Å². The first-order valence-corrected chi connectivity index (χ1v) is 17.1. The molecule has 4 aromatic rings. The zero-order valence-corrected chi connectivity index (χ0v) is 26.8. The zero-order chi connectivity index (χ0) is 26.0. The number of hydrogen-bond acceptors (Lipinski definition) is 3. The van der Waals surface area contributed by atoms with Gasteiger partial charge in [0.25, 0.3) is 8.32 Å². The molecule has 0 radical (unpaired) electrons. The molecule has 0 aliphatic heterocycles. The van der Waals surface area contributed by atoms with Crippen LogP contribution in [0, 0.1) is 9.62 Å². The third-order valence-electron chi connectivity index (χ3n) is 7.50. The highest BCUT2D eigenvalue weighted by Crippen LogP contribution is 2.43. The second-order valence-corrected chi connectivity index (χ2v) is 17.9. The van der Waals surface area contributed by atoms with E-state index in [-0.39, 0.29) is 5.04 Å².